The van der Waals surface area contributed by atoms with Crippen molar-refractivity contribution in [3.8, 4) is 11.1 Å². The SMILES string of the molecule is C=C(C(=O)O)c1cccc(-c2ccc(C)c(C)c2C)c1. The first kappa shape index (κ1) is 14.1. The smallest absolute Gasteiger partial charge is 0.335 e. The third-order valence-electron chi connectivity index (χ3n) is 3.84. The number of aliphatic carboxylic acids is 1. The Kier molecular flexibility index (Phi) is 3.75. The van der Waals surface area contributed by atoms with Gasteiger partial charge in [0.15, 0.2) is 0 Å². The van der Waals surface area contributed by atoms with Gasteiger partial charge in [0.25, 0.3) is 0 Å². The summed E-state index contributed by atoms with van der Waals surface area (Å²) in [6.07, 6.45) is 0. The molecule has 0 spiro atoms. The number of hydrogen-bond donors (Lipinski definition) is 1. The van der Waals surface area contributed by atoms with Gasteiger partial charge in [0, 0.05) is 0 Å². The molecule has 20 heavy (non-hydrogen) atoms. The van der Waals surface area contributed by atoms with Crippen LogP contribution in [-0.2, 0) is 4.79 Å². The third-order valence-corrected chi connectivity index (χ3v) is 3.84. The van der Waals surface area contributed by atoms with E-state index in [-0.39, 0.29) is 5.57 Å². The fourth-order valence-corrected chi connectivity index (χ4v) is 2.27. The number of carboxylic acid groups (broad SMARTS) is 1. The molecular formula is C18H18O2. The van der Waals surface area contributed by atoms with Crippen molar-refractivity contribution in [2.75, 3.05) is 0 Å². The van der Waals surface area contributed by atoms with Crippen molar-refractivity contribution in [3.63, 3.8) is 0 Å². The molecule has 0 bridgehead atoms. The first-order valence-corrected chi connectivity index (χ1v) is 6.51. The molecule has 2 nitrogen and oxygen atoms in total. The van der Waals surface area contributed by atoms with Crippen molar-refractivity contribution in [2.45, 2.75) is 20.8 Å². The van der Waals surface area contributed by atoms with E-state index in [4.69, 9.17) is 5.11 Å². The van der Waals surface area contributed by atoms with Crippen LogP contribution in [0.5, 0.6) is 0 Å². The maximum atomic E-state index is 11.0. The normalized spacial score (nSPS) is 10.3. The van der Waals surface area contributed by atoms with Crippen LogP contribution in [0.1, 0.15) is 22.3 Å². The highest BCUT2D eigenvalue weighted by atomic mass is 16.4. The number of carbonyl (C=O) groups is 1. The van der Waals surface area contributed by atoms with Gasteiger partial charge >= 0.3 is 5.97 Å². The summed E-state index contributed by atoms with van der Waals surface area (Å²) in [5.41, 5.74) is 6.67. The van der Waals surface area contributed by atoms with Gasteiger partial charge in [-0.25, -0.2) is 4.79 Å². The van der Waals surface area contributed by atoms with Crippen LogP contribution in [0.15, 0.2) is 43.0 Å². The summed E-state index contributed by atoms with van der Waals surface area (Å²) in [4.78, 5) is 11.0. The van der Waals surface area contributed by atoms with Crippen LogP contribution in [0.4, 0.5) is 0 Å². The lowest BCUT2D eigenvalue weighted by Crippen LogP contribution is -1.98. The number of rotatable bonds is 3. The summed E-state index contributed by atoms with van der Waals surface area (Å²) in [7, 11) is 0. The monoisotopic (exact) mass is 266 g/mol. The molecule has 0 atom stereocenters. The summed E-state index contributed by atoms with van der Waals surface area (Å²) in [6.45, 7) is 9.90. The summed E-state index contributed by atoms with van der Waals surface area (Å²) >= 11 is 0. The highest BCUT2D eigenvalue weighted by Gasteiger charge is 2.10. The van der Waals surface area contributed by atoms with Crippen LogP contribution < -0.4 is 0 Å². The average Bonchev–Trinajstić information content (AvgIpc) is 2.44. The van der Waals surface area contributed by atoms with Crippen molar-refractivity contribution in [1.29, 1.82) is 0 Å². The summed E-state index contributed by atoms with van der Waals surface area (Å²) in [5.74, 6) is -0.987. The molecular weight excluding hydrogens is 248 g/mol. The molecule has 0 unspecified atom stereocenters. The fraction of sp³-hybridized carbons (Fsp3) is 0.167. The minimum Gasteiger partial charge on any atom is -0.478 e. The molecule has 102 valence electrons. The van der Waals surface area contributed by atoms with Gasteiger partial charge in [-0.3, -0.25) is 0 Å². The van der Waals surface area contributed by atoms with Crippen molar-refractivity contribution >= 4 is 11.5 Å². The molecule has 2 aromatic rings. The van der Waals surface area contributed by atoms with Crippen LogP contribution >= 0.6 is 0 Å². The van der Waals surface area contributed by atoms with Crippen LogP contribution in [-0.4, -0.2) is 11.1 Å². The van der Waals surface area contributed by atoms with Crippen LogP contribution in [0.3, 0.4) is 0 Å². The lowest BCUT2D eigenvalue weighted by atomic mass is 9.92. The second-order valence-electron chi connectivity index (χ2n) is 5.04. The van der Waals surface area contributed by atoms with Crippen LogP contribution in [0, 0.1) is 20.8 Å². The zero-order valence-electron chi connectivity index (χ0n) is 12.0. The zero-order chi connectivity index (χ0) is 14.9. The van der Waals surface area contributed by atoms with E-state index in [0.29, 0.717) is 5.56 Å². The van der Waals surface area contributed by atoms with Gasteiger partial charge in [-0.2, -0.15) is 0 Å². The highest BCUT2D eigenvalue weighted by Crippen LogP contribution is 2.29. The van der Waals surface area contributed by atoms with E-state index in [1.807, 2.05) is 18.2 Å². The van der Waals surface area contributed by atoms with Gasteiger partial charge in [0.2, 0.25) is 0 Å². The number of benzene rings is 2. The predicted octanol–water partition coefficient (Wildman–Crippen LogP) is 4.38. The minimum atomic E-state index is -0.987. The first-order chi connectivity index (χ1) is 9.41. The molecule has 2 aromatic carbocycles. The van der Waals surface area contributed by atoms with E-state index < -0.39 is 5.97 Å². The Morgan fingerprint density at radius 3 is 2.40 bits per heavy atom. The maximum absolute atomic E-state index is 11.0. The van der Waals surface area contributed by atoms with E-state index in [1.165, 1.54) is 16.7 Å². The van der Waals surface area contributed by atoms with Gasteiger partial charge in [0.05, 0.1) is 5.57 Å². The number of aryl methyl sites for hydroxylation is 1. The quantitative estimate of drug-likeness (QED) is 0.837. The van der Waals surface area contributed by atoms with Gasteiger partial charge < -0.3 is 5.11 Å². The Hall–Kier alpha value is -2.35. The molecule has 0 aliphatic heterocycles. The molecule has 2 heteroatoms. The maximum Gasteiger partial charge on any atom is 0.335 e. The molecule has 0 aliphatic carbocycles. The Labute approximate surface area is 119 Å². The zero-order valence-corrected chi connectivity index (χ0v) is 12.0. The molecule has 0 saturated heterocycles. The fourth-order valence-electron chi connectivity index (χ4n) is 2.27. The molecule has 0 amide bonds. The lowest BCUT2D eigenvalue weighted by Gasteiger charge is -2.12. The van der Waals surface area contributed by atoms with Crippen molar-refractivity contribution in [3.05, 3.63) is 65.2 Å². The molecule has 0 fully saturated rings. The largest absolute Gasteiger partial charge is 0.478 e. The van der Waals surface area contributed by atoms with Crippen LogP contribution in [0.25, 0.3) is 16.7 Å². The van der Waals surface area contributed by atoms with Gasteiger partial charge in [0.1, 0.15) is 0 Å². The molecule has 0 aliphatic rings. The van der Waals surface area contributed by atoms with E-state index >= 15 is 0 Å². The third kappa shape index (κ3) is 2.50. The van der Waals surface area contributed by atoms with Gasteiger partial charge in [-0.05, 0) is 60.2 Å². The number of carboxylic acids is 1. The lowest BCUT2D eigenvalue weighted by molar-refractivity contribution is -0.130. The van der Waals surface area contributed by atoms with Gasteiger partial charge in [-0.1, -0.05) is 36.9 Å². The second kappa shape index (κ2) is 5.33. The first-order valence-electron chi connectivity index (χ1n) is 6.51. The Balaban J connectivity index is 2.55. The van der Waals surface area contributed by atoms with E-state index in [9.17, 15) is 4.79 Å². The molecule has 2 rings (SSSR count). The Morgan fingerprint density at radius 2 is 1.75 bits per heavy atom. The Morgan fingerprint density at radius 1 is 1.05 bits per heavy atom. The predicted molar refractivity (Wildman–Crippen MR) is 82.8 cm³/mol. The van der Waals surface area contributed by atoms with Gasteiger partial charge in [-0.15, -0.1) is 0 Å². The average molecular weight is 266 g/mol. The van der Waals surface area contributed by atoms with E-state index in [2.05, 4.69) is 39.5 Å². The molecule has 0 saturated carbocycles. The summed E-state index contributed by atoms with van der Waals surface area (Å²) in [6, 6.07) is 11.7. The van der Waals surface area contributed by atoms with E-state index in [0.717, 1.165) is 11.1 Å². The Bertz CT molecular complexity index is 697. The molecule has 0 heterocycles. The second-order valence-corrected chi connectivity index (χ2v) is 5.04. The molecule has 0 aromatic heterocycles. The minimum absolute atomic E-state index is 0.119. The summed E-state index contributed by atoms with van der Waals surface area (Å²) in [5, 5.41) is 9.03. The standard InChI is InChI=1S/C18H18O2/c1-11-8-9-17(13(3)12(11)2)16-7-5-6-15(10-16)14(4)18(19)20/h5-10H,4H2,1-3H3,(H,19,20). The van der Waals surface area contributed by atoms with Crippen molar-refractivity contribution < 1.29 is 9.90 Å². The number of hydrogen-bond acceptors (Lipinski definition) is 1. The topological polar surface area (TPSA) is 37.3 Å². The van der Waals surface area contributed by atoms with Crippen LogP contribution in [0.2, 0.25) is 0 Å². The van der Waals surface area contributed by atoms with Crippen molar-refractivity contribution in [2.24, 2.45) is 0 Å². The highest BCUT2D eigenvalue weighted by molar-refractivity contribution is 6.14. The molecule has 1 N–H and O–H groups in total. The van der Waals surface area contributed by atoms with Crippen molar-refractivity contribution in [1.82, 2.24) is 0 Å². The summed E-state index contributed by atoms with van der Waals surface area (Å²) < 4.78 is 0. The van der Waals surface area contributed by atoms with E-state index in [1.54, 1.807) is 6.07 Å². The molecule has 0 radical (unpaired) electrons.